The van der Waals surface area contributed by atoms with Crippen LogP contribution >= 0.6 is 11.3 Å². The molecule has 0 unspecified atom stereocenters. The first-order valence-electron chi connectivity index (χ1n) is 5.77. The predicted molar refractivity (Wildman–Crippen MR) is 74.0 cm³/mol. The number of carbonyl (C=O) groups excluding carboxylic acids is 1. The smallest absolute Gasteiger partial charge is 0.275 e. The van der Waals surface area contributed by atoms with Gasteiger partial charge < -0.3 is 5.32 Å². The van der Waals surface area contributed by atoms with Gasteiger partial charge in [-0.25, -0.2) is 9.67 Å². The number of carbonyl (C=O) groups is 1. The van der Waals surface area contributed by atoms with Gasteiger partial charge in [0.25, 0.3) is 5.91 Å². The summed E-state index contributed by atoms with van der Waals surface area (Å²) in [7, 11) is 0. The summed E-state index contributed by atoms with van der Waals surface area (Å²) in [6, 6.07) is 5.54. The Hall–Kier alpha value is -2.61. The van der Waals surface area contributed by atoms with Crippen molar-refractivity contribution < 1.29 is 4.79 Å². The van der Waals surface area contributed by atoms with E-state index >= 15 is 0 Å². The van der Waals surface area contributed by atoms with Crippen molar-refractivity contribution in [1.82, 2.24) is 25.2 Å². The van der Waals surface area contributed by atoms with Crippen LogP contribution in [0, 0.1) is 6.92 Å². The molecule has 2 heterocycles. The van der Waals surface area contributed by atoms with Crippen molar-refractivity contribution in [2.45, 2.75) is 6.92 Å². The number of aryl methyl sites for hydroxylation is 1. The number of benzene rings is 1. The number of hydrogen-bond donors (Lipinski definition) is 1. The number of amides is 1. The van der Waals surface area contributed by atoms with E-state index in [-0.39, 0.29) is 5.91 Å². The van der Waals surface area contributed by atoms with Crippen LogP contribution in [0.3, 0.4) is 0 Å². The van der Waals surface area contributed by atoms with E-state index in [1.165, 1.54) is 17.7 Å². The molecule has 3 rings (SSSR count). The third-order valence-electron chi connectivity index (χ3n) is 2.73. The summed E-state index contributed by atoms with van der Waals surface area (Å²) < 4.78 is 1.55. The van der Waals surface area contributed by atoms with Crippen molar-refractivity contribution >= 4 is 22.9 Å². The second kappa shape index (κ2) is 5.17. The molecule has 1 N–H and O–H groups in total. The molecule has 8 heteroatoms. The van der Waals surface area contributed by atoms with Crippen molar-refractivity contribution in [3.8, 4) is 5.69 Å². The lowest BCUT2D eigenvalue weighted by atomic mass is 10.2. The van der Waals surface area contributed by atoms with Gasteiger partial charge in [-0.1, -0.05) is 6.07 Å². The SMILES string of the molecule is Cc1ccc(NC(=O)c2cscn2)cc1-n1cnnn1. The average Bonchev–Trinajstić information content (AvgIpc) is 3.14. The first-order chi connectivity index (χ1) is 9.74. The Labute approximate surface area is 118 Å². The zero-order valence-electron chi connectivity index (χ0n) is 10.5. The van der Waals surface area contributed by atoms with E-state index in [1.807, 2.05) is 25.1 Å². The molecule has 0 aliphatic rings. The maximum atomic E-state index is 11.9. The Morgan fingerprint density at radius 1 is 1.40 bits per heavy atom. The Morgan fingerprint density at radius 3 is 3.00 bits per heavy atom. The summed E-state index contributed by atoms with van der Waals surface area (Å²) >= 11 is 1.38. The lowest BCUT2D eigenvalue weighted by Gasteiger charge is -2.08. The topological polar surface area (TPSA) is 85.6 Å². The van der Waals surface area contributed by atoms with E-state index in [4.69, 9.17) is 0 Å². The van der Waals surface area contributed by atoms with Crippen LogP contribution in [0.15, 0.2) is 35.4 Å². The van der Waals surface area contributed by atoms with Crippen molar-refractivity contribution in [2.75, 3.05) is 5.32 Å². The Bertz CT molecular complexity index is 723. The summed E-state index contributed by atoms with van der Waals surface area (Å²) in [5.41, 5.74) is 4.50. The number of aromatic nitrogens is 5. The molecule has 100 valence electrons. The number of anilines is 1. The molecule has 0 aliphatic carbocycles. The van der Waals surface area contributed by atoms with Gasteiger partial charge in [0, 0.05) is 11.1 Å². The molecule has 0 radical (unpaired) electrons. The van der Waals surface area contributed by atoms with Crippen molar-refractivity contribution in [3.05, 3.63) is 46.7 Å². The molecule has 1 aromatic carbocycles. The van der Waals surface area contributed by atoms with Gasteiger partial charge in [-0.2, -0.15) is 0 Å². The molecule has 0 spiro atoms. The molecule has 3 aromatic rings. The van der Waals surface area contributed by atoms with Gasteiger partial charge in [-0.3, -0.25) is 4.79 Å². The van der Waals surface area contributed by atoms with Crippen LogP contribution in [0.5, 0.6) is 0 Å². The minimum absolute atomic E-state index is 0.238. The number of thiazole rings is 1. The van der Waals surface area contributed by atoms with Crippen molar-refractivity contribution in [2.24, 2.45) is 0 Å². The Kier molecular flexibility index (Phi) is 3.21. The van der Waals surface area contributed by atoms with Crippen LogP contribution in [0.1, 0.15) is 16.1 Å². The van der Waals surface area contributed by atoms with Crippen LogP contribution in [-0.2, 0) is 0 Å². The molecule has 7 nitrogen and oxygen atoms in total. The summed E-state index contributed by atoms with van der Waals surface area (Å²) in [6.45, 7) is 1.95. The van der Waals surface area contributed by atoms with Crippen LogP contribution in [0.25, 0.3) is 5.69 Å². The predicted octanol–water partition coefficient (Wildman–Crippen LogP) is 1.68. The van der Waals surface area contributed by atoms with E-state index in [0.717, 1.165) is 11.3 Å². The molecule has 0 aliphatic heterocycles. The highest BCUT2D eigenvalue weighted by atomic mass is 32.1. The summed E-state index contributed by atoms with van der Waals surface area (Å²) in [6.07, 6.45) is 1.51. The van der Waals surface area contributed by atoms with Gasteiger partial charge in [0.15, 0.2) is 0 Å². The van der Waals surface area contributed by atoms with E-state index in [0.29, 0.717) is 11.4 Å². The second-order valence-corrected chi connectivity index (χ2v) is 4.80. The molecule has 1 amide bonds. The van der Waals surface area contributed by atoms with E-state index in [9.17, 15) is 4.79 Å². The fourth-order valence-corrected chi connectivity index (χ4v) is 2.26. The van der Waals surface area contributed by atoms with Gasteiger partial charge in [0.2, 0.25) is 0 Å². The fraction of sp³-hybridized carbons (Fsp3) is 0.0833. The molecule has 0 atom stereocenters. The standard InChI is InChI=1S/C12H10N6OS/c1-8-2-3-9(4-11(8)18-6-14-16-17-18)15-12(19)10-5-20-7-13-10/h2-7H,1H3,(H,15,19). The highest BCUT2D eigenvalue weighted by Crippen LogP contribution is 2.18. The van der Waals surface area contributed by atoms with E-state index < -0.39 is 0 Å². The lowest BCUT2D eigenvalue weighted by Crippen LogP contribution is -2.12. The molecule has 0 fully saturated rings. The average molecular weight is 286 g/mol. The fourth-order valence-electron chi connectivity index (χ4n) is 1.73. The van der Waals surface area contributed by atoms with Gasteiger partial charge in [0.05, 0.1) is 11.2 Å². The maximum Gasteiger partial charge on any atom is 0.275 e. The molecule has 20 heavy (non-hydrogen) atoms. The highest BCUT2D eigenvalue weighted by molar-refractivity contribution is 7.07. The molecule has 2 aromatic heterocycles. The van der Waals surface area contributed by atoms with Crippen molar-refractivity contribution in [1.29, 1.82) is 0 Å². The van der Waals surface area contributed by atoms with Crippen LogP contribution in [0.4, 0.5) is 5.69 Å². The van der Waals surface area contributed by atoms with Crippen molar-refractivity contribution in [3.63, 3.8) is 0 Å². The van der Waals surface area contributed by atoms with Gasteiger partial charge >= 0.3 is 0 Å². The minimum Gasteiger partial charge on any atom is -0.321 e. The lowest BCUT2D eigenvalue weighted by molar-refractivity contribution is 0.102. The van der Waals surface area contributed by atoms with Gasteiger partial charge in [-0.05, 0) is 35.0 Å². The Morgan fingerprint density at radius 2 is 2.30 bits per heavy atom. The maximum absolute atomic E-state index is 11.9. The zero-order valence-corrected chi connectivity index (χ0v) is 11.3. The van der Waals surface area contributed by atoms with E-state index in [1.54, 1.807) is 15.6 Å². The third kappa shape index (κ3) is 2.41. The molecular weight excluding hydrogens is 276 g/mol. The van der Waals surface area contributed by atoms with Crippen LogP contribution < -0.4 is 5.32 Å². The third-order valence-corrected chi connectivity index (χ3v) is 3.31. The zero-order chi connectivity index (χ0) is 13.9. The van der Waals surface area contributed by atoms with Crippen LogP contribution in [0.2, 0.25) is 0 Å². The van der Waals surface area contributed by atoms with Gasteiger partial charge in [0.1, 0.15) is 12.0 Å². The molecule has 0 saturated carbocycles. The number of rotatable bonds is 3. The van der Waals surface area contributed by atoms with E-state index in [2.05, 4.69) is 25.8 Å². The number of nitrogens with one attached hydrogen (secondary N) is 1. The molecular formula is C12H10N6OS. The monoisotopic (exact) mass is 286 g/mol. The minimum atomic E-state index is -0.238. The first kappa shape index (κ1) is 12.4. The van der Waals surface area contributed by atoms with Crippen LogP contribution in [-0.4, -0.2) is 31.1 Å². The summed E-state index contributed by atoms with van der Waals surface area (Å²) in [4.78, 5) is 15.9. The quantitative estimate of drug-likeness (QED) is 0.791. The molecule has 0 saturated heterocycles. The summed E-state index contributed by atoms with van der Waals surface area (Å²) in [5.74, 6) is -0.238. The van der Waals surface area contributed by atoms with Gasteiger partial charge in [-0.15, -0.1) is 16.4 Å². The highest BCUT2D eigenvalue weighted by Gasteiger charge is 2.10. The number of nitrogens with zero attached hydrogens (tertiary/aromatic N) is 5. The second-order valence-electron chi connectivity index (χ2n) is 4.08. The normalized spacial score (nSPS) is 10.4. The first-order valence-corrected chi connectivity index (χ1v) is 6.72. The Balaban J connectivity index is 1.88. The number of tetrazole rings is 1. The summed E-state index contributed by atoms with van der Waals surface area (Å²) in [5, 5.41) is 15.6. The largest absolute Gasteiger partial charge is 0.321 e. The number of hydrogen-bond acceptors (Lipinski definition) is 6. The molecule has 0 bridgehead atoms.